The van der Waals surface area contributed by atoms with Crippen molar-refractivity contribution in [2.24, 2.45) is 5.92 Å². The van der Waals surface area contributed by atoms with Gasteiger partial charge in [-0.3, -0.25) is 0 Å². The molecule has 0 spiro atoms. The summed E-state index contributed by atoms with van der Waals surface area (Å²) in [4.78, 5) is 2.22. The number of hydrogen-bond acceptors (Lipinski definition) is 3. The summed E-state index contributed by atoms with van der Waals surface area (Å²) in [6.07, 6.45) is 2.15. The van der Waals surface area contributed by atoms with Crippen LogP contribution in [0.3, 0.4) is 0 Å². The molecule has 94 valence electrons. The van der Waals surface area contributed by atoms with Crippen LogP contribution in [0.15, 0.2) is 18.2 Å². The van der Waals surface area contributed by atoms with Gasteiger partial charge in [0.25, 0.3) is 0 Å². The van der Waals surface area contributed by atoms with Crippen molar-refractivity contribution >= 4 is 5.69 Å². The van der Waals surface area contributed by atoms with Crippen molar-refractivity contribution in [1.29, 1.82) is 0 Å². The van der Waals surface area contributed by atoms with Crippen molar-refractivity contribution in [3.05, 3.63) is 23.8 Å². The fourth-order valence-electron chi connectivity index (χ4n) is 2.25. The number of rotatable bonds is 5. The summed E-state index contributed by atoms with van der Waals surface area (Å²) in [5, 5.41) is 9.91. The van der Waals surface area contributed by atoms with Crippen molar-refractivity contribution in [1.82, 2.24) is 0 Å². The van der Waals surface area contributed by atoms with E-state index in [1.54, 1.807) is 14.0 Å². The summed E-state index contributed by atoms with van der Waals surface area (Å²) in [6.45, 7) is 2.85. The largest absolute Gasteiger partial charge is 0.496 e. The minimum Gasteiger partial charge on any atom is -0.496 e. The number of aliphatic hydroxyl groups is 1. The summed E-state index contributed by atoms with van der Waals surface area (Å²) >= 11 is 0. The summed E-state index contributed by atoms with van der Waals surface area (Å²) in [5.74, 6) is 1.59. The number of hydrogen-bond donors (Lipinski definition) is 1. The van der Waals surface area contributed by atoms with Crippen LogP contribution in [0, 0.1) is 5.92 Å². The SMILES string of the molecule is COc1cccc(N(C)CC2CC2)c1[C@@H](C)O. The molecule has 1 aromatic carbocycles. The number of anilines is 1. The minimum absolute atomic E-state index is 0.511. The van der Waals surface area contributed by atoms with Crippen molar-refractivity contribution in [3.8, 4) is 5.75 Å². The topological polar surface area (TPSA) is 32.7 Å². The molecule has 2 rings (SSSR count). The Morgan fingerprint density at radius 1 is 1.47 bits per heavy atom. The molecule has 0 unspecified atom stereocenters. The molecule has 1 aliphatic rings. The molecule has 0 bridgehead atoms. The zero-order valence-electron chi connectivity index (χ0n) is 10.8. The summed E-state index contributed by atoms with van der Waals surface area (Å²) in [5.41, 5.74) is 1.96. The van der Waals surface area contributed by atoms with E-state index in [-0.39, 0.29) is 0 Å². The molecule has 0 amide bonds. The first-order valence-corrected chi connectivity index (χ1v) is 6.19. The van der Waals surface area contributed by atoms with Gasteiger partial charge in [0.15, 0.2) is 0 Å². The third kappa shape index (κ3) is 2.72. The Kier molecular flexibility index (Phi) is 3.57. The molecule has 0 saturated heterocycles. The lowest BCUT2D eigenvalue weighted by molar-refractivity contribution is 0.194. The molecule has 3 heteroatoms. The average Bonchev–Trinajstić information content (AvgIpc) is 3.11. The maximum atomic E-state index is 9.91. The van der Waals surface area contributed by atoms with Gasteiger partial charge in [-0.2, -0.15) is 0 Å². The van der Waals surface area contributed by atoms with E-state index in [0.29, 0.717) is 0 Å². The molecule has 3 nitrogen and oxygen atoms in total. The molecule has 1 fully saturated rings. The predicted octanol–water partition coefficient (Wildman–Crippen LogP) is 2.59. The Morgan fingerprint density at radius 2 is 2.18 bits per heavy atom. The highest BCUT2D eigenvalue weighted by atomic mass is 16.5. The normalized spacial score (nSPS) is 16.7. The molecule has 1 atom stereocenters. The molecule has 0 aliphatic heterocycles. The Labute approximate surface area is 103 Å². The van der Waals surface area contributed by atoms with Gasteiger partial charge in [-0.05, 0) is 37.8 Å². The zero-order chi connectivity index (χ0) is 12.4. The molecular formula is C14H21NO2. The van der Waals surface area contributed by atoms with Gasteiger partial charge in [0.05, 0.1) is 13.2 Å². The van der Waals surface area contributed by atoms with E-state index in [9.17, 15) is 5.11 Å². The van der Waals surface area contributed by atoms with E-state index in [4.69, 9.17) is 4.74 Å². The molecule has 0 heterocycles. The lowest BCUT2D eigenvalue weighted by Gasteiger charge is -2.25. The second-order valence-electron chi connectivity index (χ2n) is 4.89. The second-order valence-corrected chi connectivity index (χ2v) is 4.89. The summed E-state index contributed by atoms with van der Waals surface area (Å²) < 4.78 is 5.33. The van der Waals surface area contributed by atoms with Crippen LogP contribution in [0.25, 0.3) is 0 Å². The maximum Gasteiger partial charge on any atom is 0.126 e. The summed E-state index contributed by atoms with van der Waals surface area (Å²) in [6, 6.07) is 5.92. The Balaban J connectivity index is 2.29. The van der Waals surface area contributed by atoms with Crippen LogP contribution in [-0.2, 0) is 0 Å². The predicted molar refractivity (Wildman–Crippen MR) is 69.6 cm³/mol. The highest BCUT2D eigenvalue weighted by Crippen LogP contribution is 2.36. The third-order valence-electron chi connectivity index (χ3n) is 3.32. The van der Waals surface area contributed by atoms with E-state index in [0.717, 1.165) is 29.5 Å². The van der Waals surface area contributed by atoms with Gasteiger partial charge in [0.2, 0.25) is 0 Å². The van der Waals surface area contributed by atoms with E-state index < -0.39 is 6.10 Å². The van der Waals surface area contributed by atoms with E-state index in [1.165, 1.54) is 12.8 Å². The van der Waals surface area contributed by atoms with Crippen molar-refractivity contribution in [2.75, 3.05) is 25.6 Å². The van der Waals surface area contributed by atoms with Crippen LogP contribution in [0.2, 0.25) is 0 Å². The fourth-order valence-corrected chi connectivity index (χ4v) is 2.25. The second kappa shape index (κ2) is 4.96. The molecular weight excluding hydrogens is 214 g/mol. The third-order valence-corrected chi connectivity index (χ3v) is 3.32. The minimum atomic E-state index is -0.511. The molecule has 1 aliphatic carbocycles. The van der Waals surface area contributed by atoms with E-state index in [2.05, 4.69) is 11.9 Å². The Morgan fingerprint density at radius 3 is 2.71 bits per heavy atom. The maximum absolute atomic E-state index is 9.91. The smallest absolute Gasteiger partial charge is 0.126 e. The Bertz CT molecular complexity index is 386. The lowest BCUT2D eigenvalue weighted by atomic mass is 10.1. The van der Waals surface area contributed by atoms with Crippen LogP contribution >= 0.6 is 0 Å². The molecule has 0 radical (unpaired) electrons. The van der Waals surface area contributed by atoms with Crippen LogP contribution in [-0.4, -0.2) is 25.8 Å². The lowest BCUT2D eigenvalue weighted by Crippen LogP contribution is -2.22. The van der Waals surface area contributed by atoms with E-state index in [1.807, 2.05) is 18.2 Å². The standard InChI is InChI=1S/C14H21NO2/c1-10(16)14-12(5-4-6-13(14)17-3)15(2)9-11-7-8-11/h4-6,10-11,16H,7-9H2,1-3H3/t10-/m1/s1. The number of aliphatic hydroxyl groups excluding tert-OH is 1. The zero-order valence-corrected chi connectivity index (χ0v) is 10.8. The van der Waals surface area contributed by atoms with Crippen LogP contribution in [0.1, 0.15) is 31.4 Å². The van der Waals surface area contributed by atoms with E-state index >= 15 is 0 Å². The van der Waals surface area contributed by atoms with Crippen LogP contribution in [0.4, 0.5) is 5.69 Å². The first-order chi connectivity index (χ1) is 8.13. The molecule has 1 N–H and O–H groups in total. The monoisotopic (exact) mass is 235 g/mol. The highest BCUT2D eigenvalue weighted by molar-refractivity contribution is 5.60. The van der Waals surface area contributed by atoms with Gasteiger partial charge in [-0.1, -0.05) is 6.07 Å². The number of nitrogens with zero attached hydrogens (tertiary/aromatic N) is 1. The quantitative estimate of drug-likeness (QED) is 0.851. The van der Waals surface area contributed by atoms with Crippen molar-refractivity contribution < 1.29 is 9.84 Å². The molecule has 1 aromatic rings. The summed E-state index contributed by atoms with van der Waals surface area (Å²) in [7, 11) is 3.73. The number of benzene rings is 1. The highest BCUT2D eigenvalue weighted by Gasteiger charge is 2.25. The fraction of sp³-hybridized carbons (Fsp3) is 0.571. The van der Waals surface area contributed by atoms with Gasteiger partial charge in [0, 0.05) is 24.8 Å². The van der Waals surface area contributed by atoms with Crippen LogP contribution in [0.5, 0.6) is 5.75 Å². The Hall–Kier alpha value is -1.22. The average molecular weight is 235 g/mol. The van der Waals surface area contributed by atoms with Gasteiger partial charge >= 0.3 is 0 Å². The van der Waals surface area contributed by atoms with Crippen LogP contribution < -0.4 is 9.64 Å². The van der Waals surface area contributed by atoms with Gasteiger partial charge < -0.3 is 14.7 Å². The van der Waals surface area contributed by atoms with Gasteiger partial charge in [-0.25, -0.2) is 0 Å². The van der Waals surface area contributed by atoms with Crippen molar-refractivity contribution in [2.45, 2.75) is 25.9 Å². The first kappa shape index (κ1) is 12.2. The number of ether oxygens (including phenoxy) is 1. The molecule has 17 heavy (non-hydrogen) atoms. The van der Waals surface area contributed by atoms with Crippen molar-refractivity contribution in [3.63, 3.8) is 0 Å². The van der Waals surface area contributed by atoms with Gasteiger partial charge in [-0.15, -0.1) is 0 Å². The first-order valence-electron chi connectivity index (χ1n) is 6.19. The van der Waals surface area contributed by atoms with Gasteiger partial charge in [0.1, 0.15) is 5.75 Å². The number of methoxy groups -OCH3 is 1. The molecule has 1 saturated carbocycles. The molecule has 0 aromatic heterocycles.